The summed E-state index contributed by atoms with van der Waals surface area (Å²) in [5.74, 6) is -0.247. The zero-order valence-electron chi connectivity index (χ0n) is 18.2. The number of rotatable bonds is 6. The van der Waals surface area contributed by atoms with Gasteiger partial charge in [-0.2, -0.15) is 0 Å². The van der Waals surface area contributed by atoms with Crippen LogP contribution in [0.15, 0.2) is 60.7 Å². The second-order valence-electron chi connectivity index (χ2n) is 8.12. The van der Waals surface area contributed by atoms with E-state index in [-0.39, 0.29) is 6.61 Å². The van der Waals surface area contributed by atoms with Crippen LogP contribution >= 0.6 is 22.9 Å². The van der Waals surface area contributed by atoms with Crippen LogP contribution in [0.4, 0.5) is 5.00 Å². The first-order chi connectivity index (χ1) is 15.4. The molecule has 0 saturated carbocycles. The van der Waals surface area contributed by atoms with E-state index in [1.54, 1.807) is 6.92 Å². The van der Waals surface area contributed by atoms with Gasteiger partial charge < -0.3 is 10.1 Å². The van der Waals surface area contributed by atoms with Gasteiger partial charge in [0.2, 0.25) is 0 Å². The van der Waals surface area contributed by atoms with Crippen molar-refractivity contribution in [2.75, 3.05) is 11.9 Å². The highest BCUT2D eigenvalue weighted by molar-refractivity contribution is 7.17. The average molecular weight is 468 g/mol. The molecule has 0 aliphatic heterocycles. The molecule has 4 nitrogen and oxygen atoms in total. The normalized spacial score (nSPS) is 15.7. The molecule has 6 heteroatoms. The van der Waals surface area contributed by atoms with Crippen molar-refractivity contribution in [3.05, 3.63) is 87.8 Å². The number of hydrogen-bond donors (Lipinski definition) is 1. The van der Waals surface area contributed by atoms with Gasteiger partial charge in [0.1, 0.15) is 5.00 Å². The van der Waals surface area contributed by atoms with Crippen LogP contribution < -0.4 is 5.32 Å². The summed E-state index contributed by atoms with van der Waals surface area (Å²) >= 11 is 8.57. The third kappa shape index (κ3) is 4.19. The molecule has 1 aromatic heterocycles. The van der Waals surface area contributed by atoms with Crippen molar-refractivity contribution in [2.24, 2.45) is 5.92 Å². The first-order valence-electron chi connectivity index (χ1n) is 10.9. The molecule has 1 unspecified atom stereocenters. The van der Waals surface area contributed by atoms with Crippen LogP contribution in [0.2, 0.25) is 0 Å². The number of halogens is 1. The monoisotopic (exact) mass is 467 g/mol. The van der Waals surface area contributed by atoms with Crippen LogP contribution in [0.5, 0.6) is 0 Å². The van der Waals surface area contributed by atoms with Crippen molar-refractivity contribution in [3.63, 3.8) is 0 Å². The number of alkyl halides is 1. The summed E-state index contributed by atoms with van der Waals surface area (Å²) in [5, 5.41) is 3.52. The van der Waals surface area contributed by atoms with Crippen molar-refractivity contribution in [3.8, 4) is 0 Å². The second-order valence-corrected chi connectivity index (χ2v) is 9.79. The largest absolute Gasteiger partial charge is 0.462 e. The van der Waals surface area contributed by atoms with E-state index in [1.807, 2.05) is 60.7 Å². The predicted molar refractivity (Wildman–Crippen MR) is 130 cm³/mol. The van der Waals surface area contributed by atoms with E-state index in [4.69, 9.17) is 16.3 Å². The zero-order chi connectivity index (χ0) is 22.7. The Morgan fingerprint density at radius 3 is 2.25 bits per heavy atom. The van der Waals surface area contributed by atoms with Gasteiger partial charge in [-0.05, 0) is 48.8 Å². The van der Waals surface area contributed by atoms with Gasteiger partial charge in [-0.3, -0.25) is 4.79 Å². The molecule has 4 rings (SSSR count). The SMILES string of the molecule is CCOC(=O)c1c(NC(=O)C(Cl)(c2ccccc2)c2ccccc2)sc2c1CCC(C)C2. The summed E-state index contributed by atoms with van der Waals surface area (Å²) in [6.45, 7) is 4.27. The maximum Gasteiger partial charge on any atom is 0.341 e. The van der Waals surface area contributed by atoms with Crippen LogP contribution in [0, 0.1) is 5.92 Å². The van der Waals surface area contributed by atoms with E-state index >= 15 is 0 Å². The maximum atomic E-state index is 13.8. The molecule has 0 fully saturated rings. The number of amides is 1. The lowest BCUT2D eigenvalue weighted by Crippen LogP contribution is -2.36. The molecule has 1 amide bonds. The van der Waals surface area contributed by atoms with Crippen LogP contribution in [0.1, 0.15) is 52.2 Å². The first-order valence-corrected chi connectivity index (χ1v) is 12.1. The lowest BCUT2D eigenvalue weighted by molar-refractivity contribution is -0.117. The fourth-order valence-corrected chi connectivity index (χ4v) is 5.90. The molecule has 3 aromatic rings. The minimum atomic E-state index is -1.44. The van der Waals surface area contributed by atoms with E-state index in [0.717, 1.165) is 29.7 Å². The van der Waals surface area contributed by atoms with Crippen molar-refractivity contribution in [1.82, 2.24) is 0 Å². The number of fused-ring (bicyclic) bond motifs is 1. The van der Waals surface area contributed by atoms with E-state index in [2.05, 4.69) is 12.2 Å². The lowest BCUT2D eigenvalue weighted by Gasteiger charge is -2.27. The zero-order valence-corrected chi connectivity index (χ0v) is 19.8. The van der Waals surface area contributed by atoms with Crippen LogP contribution in [-0.2, 0) is 27.2 Å². The Kier molecular flexibility index (Phi) is 6.68. The summed E-state index contributed by atoms with van der Waals surface area (Å²) in [6.07, 6.45) is 2.71. The molecule has 32 heavy (non-hydrogen) atoms. The highest BCUT2D eigenvalue weighted by atomic mass is 35.5. The first kappa shape index (κ1) is 22.6. The molecule has 0 saturated heterocycles. The van der Waals surface area contributed by atoms with Crippen LogP contribution in [0.3, 0.4) is 0 Å². The average Bonchev–Trinajstić information content (AvgIpc) is 3.16. The Morgan fingerprint density at radius 1 is 1.09 bits per heavy atom. The number of esters is 1. The van der Waals surface area contributed by atoms with Crippen LogP contribution in [-0.4, -0.2) is 18.5 Å². The quantitative estimate of drug-likeness (QED) is 0.348. The molecular formula is C26H26ClNO3S. The van der Waals surface area contributed by atoms with Gasteiger partial charge in [0.05, 0.1) is 12.2 Å². The Hall–Kier alpha value is -2.63. The molecule has 1 aliphatic rings. The number of ether oxygens (including phenoxy) is 1. The standard InChI is InChI=1S/C26H26ClNO3S/c1-3-31-24(29)22-20-15-14-17(2)16-21(20)32-23(22)28-25(30)26(27,18-10-6-4-7-11-18)19-12-8-5-9-13-19/h4-13,17H,3,14-16H2,1-2H3,(H,28,30). The summed E-state index contributed by atoms with van der Waals surface area (Å²) in [4.78, 5) is 26.3. The fraction of sp³-hybridized carbons (Fsp3) is 0.308. The molecule has 0 radical (unpaired) electrons. The number of carbonyl (C=O) groups excluding carboxylic acids is 2. The van der Waals surface area contributed by atoms with Gasteiger partial charge in [0.25, 0.3) is 5.91 Å². The molecule has 166 valence electrons. The molecule has 1 heterocycles. The Morgan fingerprint density at radius 2 is 1.69 bits per heavy atom. The predicted octanol–water partition coefficient (Wildman–Crippen LogP) is 6.17. The lowest BCUT2D eigenvalue weighted by atomic mass is 9.88. The third-order valence-corrected chi connectivity index (χ3v) is 7.65. The summed E-state index contributed by atoms with van der Waals surface area (Å²) < 4.78 is 5.34. The van der Waals surface area contributed by atoms with Crippen molar-refractivity contribution in [1.29, 1.82) is 0 Å². The minimum absolute atomic E-state index is 0.278. The smallest absolute Gasteiger partial charge is 0.341 e. The van der Waals surface area contributed by atoms with Crippen molar-refractivity contribution >= 4 is 39.8 Å². The number of hydrogen-bond acceptors (Lipinski definition) is 4. The van der Waals surface area contributed by atoms with Gasteiger partial charge in [-0.25, -0.2) is 4.79 Å². The number of carbonyl (C=O) groups is 2. The molecule has 2 aromatic carbocycles. The molecule has 1 atom stereocenters. The molecule has 1 N–H and O–H groups in total. The maximum absolute atomic E-state index is 13.8. The van der Waals surface area contributed by atoms with E-state index in [0.29, 0.717) is 27.6 Å². The van der Waals surface area contributed by atoms with E-state index in [9.17, 15) is 9.59 Å². The Labute approximate surface area is 197 Å². The number of nitrogens with one attached hydrogen (secondary N) is 1. The Balaban J connectivity index is 1.77. The van der Waals surface area contributed by atoms with Gasteiger partial charge in [-0.15, -0.1) is 11.3 Å². The highest BCUT2D eigenvalue weighted by Gasteiger charge is 2.41. The highest BCUT2D eigenvalue weighted by Crippen LogP contribution is 2.43. The minimum Gasteiger partial charge on any atom is -0.462 e. The van der Waals surface area contributed by atoms with E-state index < -0.39 is 16.8 Å². The van der Waals surface area contributed by atoms with Gasteiger partial charge in [-0.1, -0.05) is 79.2 Å². The van der Waals surface area contributed by atoms with Crippen molar-refractivity contribution < 1.29 is 14.3 Å². The number of anilines is 1. The molecule has 0 spiro atoms. The molecule has 1 aliphatic carbocycles. The summed E-state index contributed by atoms with van der Waals surface area (Å²) in [7, 11) is 0. The summed E-state index contributed by atoms with van der Waals surface area (Å²) in [6, 6.07) is 18.6. The van der Waals surface area contributed by atoms with E-state index in [1.165, 1.54) is 11.3 Å². The third-order valence-electron chi connectivity index (χ3n) is 5.87. The van der Waals surface area contributed by atoms with Gasteiger partial charge in [0.15, 0.2) is 4.87 Å². The topological polar surface area (TPSA) is 55.4 Å². The summed E-state index contributed by atoms with van der Waals surface area (Å²) in [5.41, 5.74) is 2.81. The van der Waals surface area contributed by atoms with Crippen LogP contribution in [0.25, 0.3) is 0 Å². The number of thiophene rings is 1. The van der Waals surface area contributed by atoms with Gasteiger partial charge in [0, 0.05) is 4.88 Å². The Bertz CT molecular complexity index is 1070. The number of benzene rings is 2. The fourth-order valence-electron chi connectivity index (χ4n) is 4.21. The molecular weight excluding hydrogens is 442 g/mol. The van der Waals surface area contributed by atoms with Crippen molar-refractivity contribution in [2.45, 2.75) is 38.0 Å². The molecule has 0 bridgehead atoms. The van der Waals surface area contributed by atoms with Gasteiger partial charge >= 0.3 is 5.97 Å². The second kappa shape index (κ2) is 9.47.